The average Bonchev–Trinajstić information content (AvgIpc) is 2.91. The number of ether oxygens (including phenoxy) is 1. The fourth-order valence-corrected chi connectivity index (χ4v) is 2.74. The lowest BCUT2D eigenvalue weighted by Gasteiger charge is -2.29. The molecule has 0 aromatic carbocycles. The highest BCUT2D eigenvalue weighted by molar-refractivity contribution is 6.32. The molecule has 1 atom stereocenters. The lowest BCUT2D eigenvalue weighted by Crippen LogP contribution is -2.40. The van der Waals surface area contributed by atoms with Gasteiger partial charge in [0.2, 0.25) is 0 Å². The molecule has 0 saturated carbocycles. The molecule has 1 saturated heterocycles. The summed E-state index contributed by atoms with van der Waals surface area (Å²) in [5.41, 5.74) is 0. The molecule has 0 amide bonds. The fourth-order valence-electron chi connectivity index (χ4n) is 2.53. The van der Waals surface area contributed by atoms with E-state index in [1.54, 1.807) is 13.3 Å². The molecular weight excluding hydrogens is 276 g/mol. The first-order chi connectivity index (χ1) is 9.60. The molecule has 0 spiro atoms. The number of anilines is 1. The summed E-state index contributed by atoms with van der Waals surface area (Å²) in [6.07, 6.45) is 4.05. The molecule has 0 radical (unpaired) electrons. The van der Waals surface area contributed by atoms with Gasteiger partial charge in [0, 0.05) is 19.1 Å². The van der Waals surface area contributed by atoms with E-state index in [0.29, 0.717) is 23.0 Å². The fraction of sp³-hybridized carbons (Fsp3) is 0.714. The minimum atomic E-state index is 0.359. The maximum atomic E-state index is 6.27. The van der Waals surface area contributed by atoms with Gasteiger partial charge in [-0.2, -0.15) is 4.98 Å². The van der Waals surface area contributed by atoms with Gasteiger partial charge in [0.1, 0.15) is 5.02 Å². The molecule has 0 bridgehead atoms. The van der Waals surface area contributed by atoms with Crippen LogP contribution in [0, 0.1) is 5.92 Å². The van der Waals surface area contributed by atoms with Crippen LogP contribution >= 0.6 is 11.6 Å². The molecule has 1 N–H and O–H groups in total. The Bertz CT molecular complexity index is 435. The Balaban J connectivity index is 2.19. The summed E-state index contributed by atoms with van der Waals surface area (Å²) in [6.45, 7) is 7.32. The van der Waals surface area contributed by atoms with Gasteiger partial charge in [-0.05, 0) is 25.3 Å². The van der Waals surface area contributed by atoms with E-state index in [4.69, 9.17) is 16.3 Å². The Morgan fingerprint density at radius 3 is 2.95 bits per heavy atom. The number of aromatic nitrogens is 2. The van der Waals surface area contributed by atoms with Crippen molar-refractivity contribution in [3.63, 3.8) is 0 Å². The van der Waals surface area contributed by atoms with E-state index in [-0.39, 0.29) is 0 Å². The van der Waals surface area contributed by atoms with Crippen molar-refractivity contribution in [3.05, 3.63) is 11.2 Å². The van der Waals surface area contributed by atoms with Gasteiger partial charge in [0.15, 0.2) is 5.82 Å². The summed E-state index contributed by atoms with van der Waals surface area (Å²) in [7, 11) is 1.57. The minimum absolute atomic E-state index is 0.359. The first kappa shape index (κ1) is 15.3. The quantitative estimate of drug-likeness (QED) is 0.874. The predicted molar refractivity (Wildman–Crippen MR) is 81.7 cm³/mol. The van der Waals surface area contributed by atoms with Crippen LogP contribution in [0.5, 0.6) is 6.01 Å². The van der Waals surface area contributed by atoms with Gasteiger partial charge in [-0.3, -0.25) is 0 Å². The monoisotopic (exact) mass is 298 g/mol. The van der Waals surface area contributed by atoms with E-state index in [1.807, 2.05) is 0 Å². The molecule has 5 nitrogen and oxygen atoms in total. The van der Waals surface area contributed by atoms with E-state index in [9.17, 15) is 0 Å². The summed E-state index contributed by atoms with van der Waals surface area (Å²) < 4.78 is 5.11. The summed E-state index contributed by atoms with van der Waals surface area (Å²) in [4.78, 5) is 10.7. The molecule has 1 aromatic rings. The van der Waals surface area contributed by atoms with Crippen molar-refractivity contribution >= 4 is 17.4 Å². The van der Waals surface area contributed by atoms with Crippen LogP contribution < -0.4 is 15.0 Å². The molecule has 1 unspecified atom stereocenters. The minimum Gasteiger partial charge on any atom is -0.467 e. The van der Waals surface area contributed by atoms with E-state index in [2.05, 4.69) is 34.0 Å². The summed E-state index contributed by atoms with van der Waals surface area (Å²) >= 11 is 6.27. The van der Waals surface area contributed by atoms with Gasteiger partial charge < -0.3 is 15.0 Å². The lowest BCUT2D eigenvalue weighted by molar-refractivity contribution is 0.379. The number of hydrogen-bond donors (Lipinski definition) is 1. The van der Waals surface area contributed by atoms with Crippen LogP contribution in [0.3, 0.4) is 0 Å². The summed E-state index contributed by atoms with van der Waals surface area (Å²) in [5.74, 6) is 1.30. The van der Waals surface area contributed by atoms with Gasteiger partial charge in [-0.25, -0.2) is 4.98 Å². The van der Waals surface area contributed by atoms with Crippen LogP contribution in [0.2, 0.25) is 5.02 Å². The van der Waals surface area contributed by atoms with Crippen LogP contribution in [0.15, 0.2) is 6.20 Å². The second-order valence-electron chi connectivity index (χ2n) is 5.62. The van der Waals surface area contributed by atoms with E-state index >= 15 is 0 Å². The zero-order valence-electron chi connectivity index (χ0n) is 12.4. The molecule has 1 aromatic heterocycles. The van der Waals surface area contributed by atoms with Crippen LogP contribution in [-0.4, -0.2) is 42.8 Å². The zero-order chi connectivity index (χ0) is 14.5. The van der Waals surface area contributed by atoms with Crippen molar-refractivity contribution in [2.45, 2.75) is 32.7 Å². The van der Waals surface area contributed by atoms with Crippen LogP contribution in [0.25, 0.3) is 0 Å². The first-order valence-corrected chi connectivity index (χ1v) is 7.52. The van der Waals surface area contributed by atoms with E-state index in [1.165, 1.54) is 12.8 Å². The molecular formula is C14H23ClN4O. The van der Waals surface area contributed by atoms with Crippen molar-refractivity contribution in [2.75, 3.05) is 31.6 Å². The first-order valence-electron chi connectivity index (χ1n) is 7.15. The predicted octanol–water partition coefficient (Wildman–Crippen LogP) is 2.35. The number of nitrogens with zero attached hydrogens (tertiary/aromatic N) is 3. The Labute approximate surface area is 125 Å². The van der Waals surface area contributed by atoms with E-state index in [0.717, 1.165) is 25.5 Å². The van der Waals surface area contributed by atoms with Gasteiger partial charge in [0.05, 0.1) is 13.3 Å². The molecule has 20 heavy (non-hydrogen) atoms. The molecule has 1 aliphatic rings. The molecule has 112 valence electrons. The zero-order valence-corrected chi connectivity index (χ0v) is 13.2. The summed E-state index contributed by atoms with van der Waals surface area (Å²) in [6, 6.07) is 0.864. The molecule has 2 rings (SSSR count). The number of halogens is 1. The Morgan fingerprint density at radius 2 is 2.35 bits per heavy atom. The van der Waals surface area contributed by atoms with Crippen molar-refractivity contribution in [3.8, 4) is 6.01 Å². The van der Waals surface area contributed by atoms with Gasteiger partial charge >= 0.3 is 6.01 Å². The third kappa shape index (κ3) is 3.96. The lowest BCUT2D eigenvalue weighted by atomic mass is 10.1. The van der Waals surface area contributed by atoms with Crippen molar-refractivity contribution in [1.29, 1.82) is 0 Å². The van der Waals surface area contributed by atoms with Crippen LogP contribution in [0.4, 0.5) is 5.82 Å². The summed E-state index contributed by atoms with van der Waals surface area (Å²) in [5, 5.41) is 4.09. The second kappa shape index (κ2) is 7.09. The smallest absolute Gasteiger partial charge is 0.318 e. The van der Waals surface area contributed by atoms with E-state index < -0.39 is 0 Å². The highest BCUT2D eigenvalue weighted by Gasteiger charge is 2.22. The van der Waals surface area contributed by atoms with Crippen molar-refractivity contribution < 1.29 is 4.74 Å². The molecule has 6 heteroatoms. The number of methoxy groups -OCH3 is 1. The highest BCUT2D eigenvalue weighted by atomic mass is 35.5. The van der Waals surface area contributed by atoms with Crippen LogP contribution in [0.1, 0.15) is 26.7 Å². The third-order valence-electron chi connectivity index (χ3n) is 3.37. The Kier molecular flexibility index (Phi) is 5.43. The number of nitrogens with one attached hydrogen (secondary N) is 1. The van der Waals surface area contributed by atoms with Gasteiger partial charge in [-0.1, -0.05) is 25.4 Å². The molecule has 0 aliphatic carbocycles. The maximum absolute atomic E-state index is 6.27. The average molecular weight is 299 g/mol. The number of rotatable bonds is 6. The number of hydrogen-bond acceptors (Lipinski definition) is 5. The van der Waals surface area contributed by atoms with Crippen molar-refractivity contribution in [2.24, 2.45) is 5.92 Å². The van der Waals surface area contributed by atoms with Crippen LogP contribution in [-0.2, 0) is 0 Å². The largest absolute Gasteiger partial charge is 0.467 e. The van der Waals surface area contributed by atoms with Gasteiger partial charge in [-0.15, -0.1) is 0 Å². The molecule has 1 fully saturated rings. The maximum Gasteiger partial charge on any atom is 0.318 e. The van der Waals surface area contributed by atoms with Gasteiger partial charge in [0.25, 0.3) is 0 Å². The second-order valence-corrected chi connectivity index (χ2v) is 6.03. The highest BCUT2D eigenvalue weighted by Crippen LogP contribution is 2.26. The Hall–Kier alpha value is -1.07. The normalized spacial score (nSPS) is 18.6. The molecule has 2 heterocycles. The van der Waals surface area contributed by atoms with Crippen molar-refractivity contribution in [1.82, 2.24) is 15.3 Å². The Morgan fingerprint density at radius 1 is 1.55 bits per heavy atom. The standard InChI is InChI=1S/C14H23ClN4O/c1-10(2)8-19(9-11-5-4-6-16-11)13-12(15)7-17-14(18-13)20-3/h7,10-11,16H,4-6,8-9H2,1-3H3. The molecule has 1 aliphatic heterocycles. The third-order valence-corrected chi connectivity index (χ3v) is 3.64. The topological polar surface area (TPSA) is 50.3 Å². The SMILES string of the molecule is COc1ncc(Cl)c(N(CC(C)C)CC2CCCN2)n1.